The predicted octanol–water partition coefficient (Wildman–Crippen LogP) is 2.01. The number of ketones is 1. The predicted molar refractivity (Wildman–Crippen MR) is 62.9 cm³/mol. The Hall–Kier alpha value is -1.55. The fraction of sp³-hybridized carbons (Fsp3) is 0.0833. The average molecular weight is 278 g/mol. The highest BCUT2D eigenvalue weighted by Gasteiger charge is 2.14. The van der Waals surface area contributed by atoms with Gasteiger partial charge in [0, 0.05) is 21.5 Å². The van der Waals surface area contributed by atoms with E-state index in [1.165, 1.54) is 0 Å². The van der Waals surface area contributed by atoms with Crippen LogP contribution in [-0.2, 0) is 6.54 Å². The van der Waals surface area contributed by atoms with Crippen LogP contribution in [0.15, 0.2) is 53.5 Å². The van der Waals surface area contributed by atoms with Gasteiger partial charge in [0.2, 0.25) is 12.3 Å². The highest BCUT2D eigenvalue weighted by Crippen LogP contribution is 2.02. The molecule has 1 heterocycles. The number of hydrogen-bond donors (Lipinski definition) is 0. The highest BCUT2D eigenvalue weighted by atomic mass is 79.9. The zero-order valence-electron chi connectivity index (χ0n) is 8.51. The summed E-state index contributed by atoms with van der Waals surface area (Å²) in [4.78, 5) is 15.9. The van der Waals surface area contributed by atoms with Gasteiger partial charge < -0.3 is 0 Å². The smallest absolute Gasteiger partial charge is 0.266 e. The van der Waals surface area contributed by atoms with Crippen molar-refractivity contribution in [1.29, 1.82) is 0 Å². The lowest BCUT2D eigenvalue weighted by molar-refractivity contribution is -0.694. The number of halogens is 1. The van der Waals surface area contributed by atoms with E-state index in [0.717, 1.165) is 10.2 Å². The standard InChI is InChI=1S/C12H10BrN2O/c13-12-8-14-6-7-15(12)9-11(16)10-4-2-1-3-5-10/h1-8H,9H2/q+1. The van der Waals surface area contributed by atoms with Crippen molar-refractivity contribution in [2.45, 2.75) is 6.54 Å². The first-order chi connectivity index (χ1) is 7.77. The zero-order chi connectivity index (χ0) is 11.4. The molecule has 0 N–H and O–H groups in total. The van der Waals surface area contributed by atoms with Crippen LogP contribution in [0.3, 0.4) is 0 Å². The van der Waals surface area contributed by atoms with Gasteiger partial charge in [0.1, 0.15) is 6.20 Å². The molecule has 80 valence electrons. The summed E-state index contributed by atoms with van der Waals surface area (Å²) in [7, 11) is 0. The number of carbonyl (C=O) groups excluding carboxylic acids is 1. The molecule has 0 aliphatic rings. The zero-order valence-corrected chi connectivity index (χ0v) is 10.1. The van der Waals surface area contributed by atoms with Gasteiger partial charge in [0.05, 0.1) is 6.20 Å². The number of nitrogens with zero attached hydrogens (tertiary/aromatic N) is 2. The number of aromatic nitrogens is 2. The first-order valence-electron chi connectivity index (χ1n) is 4.84. The van der Waals surface area contributed by atoms with Gasteiger partial charge in [-0.25, -0.2) is 0 Å². The molecule has 0 atom stereocenters. The van der Waals surface area contributed by atoms with Crippen LogP contribution >= 0.6 is 15.9 Å². The van der Waals surface area contributed by atoms with E-state index in [1.807, 2.05) is 34.9 Å². The SMILES string of the molecule is O=C(C[n+]1ccncc1Br)c1ccccc1. The van der Waals surface area contributed by atoms with Gasteiger partial charge in [-0.15, -0.1) is 0 Å². The van der Waals surface area contributed by atoms with Gasteiger partial charge >= 0.3 is 0 Å². The first kappa shape index (κ1) is 11.0. The molecular weight excluding hydrogens is 268 g/mol. The molecule has 16 heavy (non-hydrogen) atoms. The van der Waals surface area contributed by atoms with Crippen molar-refractivity contribution in [2.24, 2.45) is 0 Å². The van der Waals surface area contributed by atoms with Gasteiger partial charge in [-0.05, 0) is 0 Å². The van der Waals surface area contributed by atoms with E-state index >= 15 is 0 Å². The number of benzene rings is 1. The Morgan fingerprint density at radius 1 is 1.31 bits per heavy atom. The average Bonchev–Trinajstić information content (AvgIpc) is 2.33. The molecule has 0 saturated heterocycles. The summed E-state index contributed by atoms with van der Waals surface area (Å²) in [5.41, 5.74) is 0.721. The Kier molecular flexibility index (Phi) is 3.41. The fourth-order valence-electron chi connectivity index (χ4n) is 1.37. The number of hydrogen-bond acceptors (Lipinski definition) is 2. The third-order valence-electron chi connectivity index (χ3n) is 2.20. The van der Waals surface area contributed by atoms with Crippen molar-refractivity contribution in [2.75, 3.05) is 0 Å². The molecule has 0 radical (unpaired) electrons. The van der Waals surface area contributed by atoms with E-state index in [9.17, 15) is 4.79 Å². The molecule has 0 fully saturated rings. The van der Waals surface area contributed by atoms with Crippen LogP contribution in [0.5, 0.6) is 0 Å². The monoisotopic (exact) mass is 277 g/mol. The van der Waals surface area contributed by atoms with Crippen molar-refractivity contribution >= 4 is 21.7 Å². The molecule has 0 amide bonds. The van der Waals surface area contributed by atoms with Gasteiger partial charge in [-0.3, -0.25) is 9.78 Å². The Morgan fingerprint density at radius 2 is 2.06 bits per heavy atom. The molecule has 1 aromatic carbocycles. The Labute approximate surface area is 102 Å². The third-order valence-corrected chi connectivity index (χ3v) is 2.86. The maximum Gasteiger partial charge on any atom is 0.266 e. The molecular formula is C12H10BrN2O+. The van der Waals surface area contributed by atoms with Crippen LogP contribution in [0.25, 0.3) is 0 Å². The normalized spacial score (nSPS) is 10.1. The maximum atomic E-state index is 11.9. The lowest BCUT2D eigenvalue weighted by Gasteiger charge is -1.98. The van der Waals surface area contributed by atoms with Crippen molar-refractivity contribution in [1.82, 2.24) is 4.98 Å². The summed E-state index contributed by atoms with van der Waals surface area (Å²) in [5, 5.41) is 0. The summed E-state index contributed by atoms with van der Waals surface area (Å²) in [6.45, 7) is 0.313. The van der Waals surface area contributed by atoms with Crippen LogP contribution in [0.2, 0.25) is 0 Å². The second-order valence-electron chi connectivity index (χ2n) is 3.32. The summed E-state index contributed by atoms with van der Waals surface area (Å²) in [6, 6.07) is 9.25. The number of rotatable bonds is 3. The molecule has 2 aromatic rings. The quantitative estimate of drug-likeness (QED) is 0.635. The summed E-state index contributed by atoms with van der Waals surface area (Å²) in [5.74, 6) is 0.0810. The molecule has 4 heteroatoms. The van der Waals surface area contributed by atoms with Gasteiger partial charge in [-0.1, -0.05) is 30.3 Å². The van der Waals surface area contributed by atoms with E-state index in [-0.39, 0.29) is 5.78 Å². The van der Waals surface area contributed by atoms with Gasteiger partial charge in [0.15, 0.2) is 6.20 Å². The van der Waals surface area contributed by atoms with Gasteiger partial charge in [0.25, 0.3) is 4.60 Å². The topological polar surface area (TPSA) is 33.8 Å². The first-order valence-corrected chi connectivity index (χ1v) is 5.64. The minimum Gasteiger partial charge on any atom is -0.287 e. The van der Waals surface area contributed by atoms with Crippen molar-refractivity contribution in [3.05, 3.63) is 59.1 Å². The van der Waals surface area contributed by atoms with Crippen LogP contribution in [0.4, 0.5) is 0 Å². The lowest BCUT2D eigenvalue weighted by atomic mass is 10.1. The Bertz CT molecular complexity index is 499. The summed E-state index contributed by atoms with van der Waals surface area (Å²) >= 11 is 3.35. The summed E-state index contributed by atoms with van der Waals surface area (Å²) < 4.78 is 2.60. The second kappa shape index (κ2) is 4.99. The van der Waals surface area contributed by atoms with E-state index in [4.69, 9.17) is 0 Å². The van der Waals surface area contributed by atoms with E-state index < -0.39 is 0 Å². The molecule has 2 rings (SSSR count). The van der Waals surface area contributed by atoms with Crippen molar-refractivity contribution in [3.63, 3.8) is 0 Å². The second-order valence-corrected chi connectivity index (χ2v) is 4.13. The van der Waals surface area contributed by atoms with E-state index in [2.05, 4.69) is 20.9 Å². The van der Waals surface area contributed by atoms with Crippen molar-refractivity contribution in [3.8, 4) is 0 Å². The highest BCUT2D eigenvalue weighted by molar-refractivity contribution is 9.10. The number of Topliss-reactive ketones (excluding diaryl/α,β-unsaturated/α-hetero) is 1. The molecule has 1 aromatic heterocycles. The van der Waals surface area contributed by atoms with E-state index in [1.54, 1.807) is 18.6 Å². The minimum atomic E-state index is 0.0810. The van der Waals surface area contributed by atoms with Gasteiger partial charge in [-0.2, -0.15) is 4.57 Å². The van der Waals surface area contributed by atoms with Crippen molar-refractivity contribution < 1.29 is 9.36 Å². The maximum absolute atomic E-state index is 11.9. The van der Waals surface area contributed by atoms with Crippen LogP contribution in [0, 0.1) is 0 Å². The molecule has 0 spiro atoms. The largest absolute Gasteiger partial charge is 0.287 e. The van der Waals surface area contributed by atoms with Crippen LogP contribution < -0.4 is 4.57 Å². The molecule has 0 unspecified atom stereocenters. The van der Waals surface area contributed by atoms with Crippen LogP contribution in [0.1, 0.15) is 10.4 Å². The lowest BCUT2D eigenvalue weighted by Crippen LogP contribution is -2.39. The molecule has 0 aliphatic carbocycles. The summed E-state index contributed by atoms with van der Waals surface area (Å²) in [6.07, 6.45) is 5.09. The third kappa shape index (κ3) is 2.52. The molecule has 0 saturated carbocycles. The van der Waals surface area contributed by atoms with Crippen LogP contribution in [-0.4, -0.2) is 10.8 Å². The molecule has 0 bridgehead atoms. The Balaban J connectivity index is 2.18. The fourth-order valence-corrected chi connectivity index (χ4v) is 1.73. The molecule has 0 aliphatic heterocycles. The Morgan fingerprint density at radius 3 is 2.75 bits per heavy atom. The molecule has 3 nitrogen and oxygen atoms in total. The van der Waals surface area contributed by atoms with E-state index in [0.29, 0.717) is 6.54 Å². The minimum absolute atomic E-state index is 0.0810. The number of carbonyl (C=O) groups is 1.